The molecule has 0 unspecified atom stereocenters. The first-order valence-electron chi connectivity index (χ1n) is 3.48. The molecule has 1 heterocycles. The van der Waals surface area contributed by atoms with E-state index in [-0.39, 0.29) is 6.61 Å². The highest BCUT2D eigenvalue weighted by atomic mass is 127. The minimum absolute atomic E-state index is 0.235. The third-order valence-corrected chi connectivity index (χ3v) is 2.14. The van der Waals surface area contributed by atoms with Gasteiger partial charge in [-0.3, -0.25) is 0 Å². The molecular weight excluding hydrogens is 279 g/mol. The van der Waals surface area contributed by atoms with Crippen molar-refractivity contribution in [1.29, 1.82) is 0 Å². The zero-order valence-corrected chi connectivity index (χ0v) is 8.67. The maximum absolute atomic E-state index is 9.35. The van der Waals surface area contributed by atoms with Crippen molar-refractivity contribution in [3.8, 4) is 0 Å². The van der Waals surface area contributed by atoms with E-state index in [2.05, 4.69) is 0 Å². The Labute approximate surface area is 84.3 Å². The van der Waals surface area contributed by atoms with Crippen molar-refractivity contribution >= 4 is 23.0 Å². The normalized spacial score (nSPS) is 42.0. The van der Waals surface area contributed by atoms with Gasteiger partial charge in [-0.25, -0.2) is 0 Å². The summed E-state index contributed by atoms with van der Waals surface area (Å²) in [5.74, 6) is 0. The molecule has 0 spiro atoms. The molecule has 0 saturated carbocycles. The number of hydrogen-bond donors (Lipinski definition) is 2. The van der Waals surface area contributed by atoms with Crippen LogP contribution in [-0.2, 0) is 12.5 Å². The Kier molecular flexibility index (Phi) is 4.14. The Morgan fingerprint density at radius 1 is 1.42 bits per heavy atom. The van der Waals surface area contributed by atoms with Gasteiger partial charge in [0.05, 0.1) is 6.61 Å². The van der Waals surface area contributed by atoms with E-state index in [9.17, 15) is 10.2 Å². The van der Waals surface area contributed by atoms with Crippen LogP contribution in [0.2, 0.25) is 0 Å². The fraction of sp³-hybridized carbons (Fsp3) is 1.00. The molecule has 0 aliphatic carbocycles. The number of aliphatic hydroxyl groups excluding tert-OH is 2. The highest BCUT2D eigenvalue weighted by Gasteiger charge is 2.42. The number of hydrogen-bond acceptors (Lipinski definition) is 5. The van der Waals surface area contributed by atoms with Crippen molar-refractivity contribution in [2.45, 2.75) is 24.6 Å². The van der Waals surface area contributed by atoms with Gasteiger partial charge in [0.15, 0.2) is 6.29 Å². The molecule has 1 aliphatic heterocycles. The zero-order valence-electron chi connectivity index (χ0n) is 6.51. The summed E-state index contributed by atoms with van der Waals surface area (Å²) < 4.78 is 14.7. The first kappa shape index (κ1) is 10.6. The lowest BCUT2D eigenvalue weighted by Gasteiger charge is -2.11. The van der Waals surface area contributed by atoms with Gasteiger partial charge in [-0.2, -0.15) is 0 Å². The Hall–Kier alpha value is 0.530. The van der Waals surface area contributed by atoms with E-state index in [1.165, 1.54) is 7.11 Å². The summed E-state index contributed by atoms with van der Waals surface area (Å²) in [4.78, 5) is 0. The summed E-state index contributed by atoms with van der Waals surface area (Å²) in [7, 11) is 1.41. The molecular formula is C6H11IO5. The number of aliphatic hydroxyl groups is 2. The van der Waals surface area contributed by atoms with Crippen LogP contribution in [0.25, 0.3) is 0 Å². The maximum atomic E-state index is 9.35. The number of ether oxygens (including phenoxy) is 2. The molecule has 0 aromatic rings. The molecule has 1 saturated heterocycles. The lowest BCUT2D eigenvalue weighted by Crippen LogP contribution is -2.34. The van der Waals surface area contributed by atoms with Crippen molar-refractivity contribution in [2.75, 3.05) is 13.7 Å². The minimum atomic E-state index is -0.994. The number of halogens is 1. The summed E-state index contributed by atoms with van der Waals surface area (Å²) in [6, 6.07) is 0. The lowest BCUT2D eigenvalue weighted by atomic mass is 10.1. The van der Waals surface area contributed by atoms with Crippen LogP contribution in [0.5, 0.6) is 0 Å². The first-order chi connectivity index (χ1) is 5.70. The predicted molar refractivity (Wildman–Crippen MR) is 47.7 cm³/mol. The van der Waals surface area contributed by atoms with E-state index in [0.29, 0.717) is 0 Å². The fourth-order valence-corrected chi connectivity index (χ4v) is 1.46. The third kappa shape index (κ3) is 2.06. The number of methoxy groups -OCH3 is 1. The van der Waals surface area contributed by atoms with Crippen LogP contribution in [-0.4, -0.2) is 48.5 Å². The molecule has 12 heavy (non-hydrogen) atoms. The van der Waals surface area contributed by atoms with Crippen LogP contribution >= 0.6 is 23.0 Å². The second-order valence-electron chi connectivity index (χ2n) is 2.54. The molecule has 5 nitrogen and oxygen atoms in total. The summed E-state index contributed by atoms with van der Waals surface area (Å²) in [6.07, 6.45) is -3.20. The van der Waals surface area contributed by atoms with Crippen LogP contribution in [0.3, 0.4) is 0 Å². The minimum Gasteiger partial charge on any atom is -0.387 e. The predicted octanol–water partition coefficient (Wildman–Crippen LogP) is -0.554. The van der Waals surface area contributed by atoms with Crippen LogP contribution in [0.1, 0.15) is 0 Å². The van der Waals surface area contributed by atoms with Crippen molar-refractivity contribution in [3.05, 3.63) is 0 Å². The van der Waals surface area contributed by atoms with E-state index in [4.69, 9.17) is 12.5 Å². The molecule has 1 rings (SSSR count). The highest BCUT2D eigenvalue weighted by molar-refractivity contribution is 14.1. The van der Waals surface area contributed by atoms with Gasteiger partial charge >= 0.3 is 0 Å². The SMILES string of the molecule is CO[C@@H]1O[C@H](COI)[C@@H](O)[C@H]1O. The standard InChI is InChI=1S/C6H11IO5/c1-10-6-5(9)4(8)3(12-6)2-11-7/h3-6,8-9H,2H2,1H3/t3-,4-,5-,6-/m1/s1. The second-order valence-corrected chi connectivity index (χ2v) is 3.16. The van der Waals surface area contributed by atoms with E-state index >= 15 is 0 Å². The van der Waals surface area contributed by atoms with Gasteiger partial charge < -0.3 is 22.8 Å². The van der Waals surface area contributed by atoms with E-state index < -0.39 is 24.6 Å². The molecule has 6 heteroatoms. The van der Waals surface area contributed by atoms with Gasteiger partial charge in [0, 0.05) is 7.11 Å². The Morgan fingerprint density at radius 3 is 2.50 bits per heavy atom. The lowest BCUT2D eigenvalue weighted by molar-refractivity contribution is -0.150. The van der Waals surface area contributed by atoms with Crippen LogP contribution in [0, 0.1) is 0 Å². The van der Waals surface area contributed by atoms with E-state index in [1.54, 1.807) is 23.0 Å². The van der Waals surface area contributed by atoms with Gasteiger partial charge in [-0.05, 0) is 0 Å². The van der Waals surface area contributed by atoms with Gasteiger partial charge in [0.25, 0.3) is 0 Å². The summed E-state index contributed by atoms with van der Waals surface area (Å²) in [6.45, 7) is 0.235. The maximum Gasteiger partial charge on any atom is 0.186 e. The third-order valence-electron chi connectivity index (χ3n) is 1.78. The molecule has 0 bridgehead atoms. The smallest absolute Gasteiger partial charge is 0.186 e. The Balaban J connectivity index is 2.48. The van der Waals surface area contributed by atoms with Gasteiger partial charge in [-0.1, -0.05) is 0 Å². The molecule has 1 fully saturated rings. The van der Waals surface area contributed by atoms with E-state index in [0.717, 1.165) is 0 Å². The molecule has 0 radical (unpaired) electrons. The summed E-state index contributed by atoms with van der Waals surface area (Å²) >= 11 is 1.70. The zero-order chi connectivity index (χ0) is 9.14. The monoisotopic (exact) mass is 290 g/mol. The Bertz CT molecular complexity index is 144. The van der Waals surface area contributed by atoms with Crippen molar-refractivity contribution < 1.29 is 22.8 Å². The van der Waals surface area contributed by atoms with Crippen molar-refractivity contribution in [3.63, 3.8) is 0 Å². The first-order valence-corrected chi connectivity index (χ1v) is 4.36. The van der Waals surface area contributed by atoms with Crippen LogP contribution < -0.4 is 0 Å². The molecule has 4 atom stereocenters. The second kappa shape index (κ2) is 4.68. The van der Waals surface area contributed by atoms with Crippen molar-refractivity contribution in [1.82, 2.24) is 0 Å². The average Bonchev–Trinajstić information content (AvgIpc) is 2.33. The number of rotatable bonds is 3. The quantitative estimate of drug-likeness (QED) is 0.682. The van der Waals surface area contributed by atoms with Crippen molar-refractivity contribution in [2.24, 2.45) is 0 Å². The van der Waals surface area contributed by atoms with Crippen LogP contribution in [0.4, 0.5) is 0 Å². The molecule has 1 aliphatic rings. The summed E-state index contributed by atoms with van der Waals surface area (Å²) in [5, 5.41) is 18.6. The molecule has 72 valence electrons. The topological polar surface area (TPSA) is 68.2 Å². The van der Waals surface area contributed by atoms with Gasteiger partial charge in [0.2, 0.25) is 0 Å². The fourth-order valence-electron chi connectivity index (χ4n) is 1.11. The molecule has 0 aromatic heterocycles. The van der Waals surface area contributed by atoms with Crippen LogP contribution in [0.15, 0.2) is 0 Å². The molecule has 0 aromatic carbocycles. The molecule has 2 N–H and O–H groups in total. The average molecular weight is 290 g/mol. The summed E-state index contributed by atoms with van der Waals surface area (Å²) in [5.41, 5.74) is 0. The largest absolute Gasteiger partial charge is 0.387 e. The van der Waals surface area contributed by atoms with E-state index in [1.807, 2.05) is 0 Å². The molecule has 0 amide bonds. The van der Waals surface area contributed by atoms with Gasteiger partial charge in [-0.15, -0.1) is 0 Å². The van der Waals surface area contributed by atoms with Gasteiger partial charge in [0.1, 0.15) is 41.3 Å². The highest BCUT2D eigenvalue weighted by Crippen LogP contribution is 2.22. The Morgan fingerprint density at radius 2 is 2.08 bits per heavy atom.